The lowest BCUT2D eigenvalue weighted by Crippen LogP contribution is -2.25. The maximum Gasteiger partial charge on any atom is 0.108 e. The minimum atomic E-state index is -0.562. The fraction of sp³-hybridized carbons (Fsp3) is 0.375. The number of hydrogen-bond donors (Lipinski definition) is 1. The van der Waals surface area contributed by atoms with Gasteiger partial charge in [0, 0.05) is 19.3 Å². The molecule has 0 saturated heterocycles. The number of halogens is 1. The molecule has 0 aliphatic rings. The molecule has 0 atom stereocenters. The largest absolute Gasteiger partial charge is 0.511 e. The van der Waals surface area contributed by atoms with E-state index in [9.17, 15) is 4.39 Å². The third-order valence-electron chi connectivity index (χ3n) is 2.78. The van der Waals surface area contributed by atoms with E-state index in [-0.39, 0.29) is 12.3 Å². The van der Waals surface area contributed by atoms with E-state index in [2.05, 4.69) is 11.6 Å². The normalized spacial score (nSPS) is 13.4. The average molecular weight is 291 g/mol. The van der Waals surface area contributed by atoms with Gasteiger partial charge in [0.05, 0.1) is 12.6 Å². The van der Waals surface area contributed by atoms with Gasteiger partial charge in [0.15, 0.2) is 0 Å². The van der Waals surface area contributed by atoms with Gasteiger partial charge in [-0.25, -0.2) is 9.38 Å². The summed E-state index contributed by atoms with van der Waals surface area (Å²) < 4.78 is 12.5. The highest BCUT2D eigenvalue weighted by Gasteiger charge is 2.03. The Hall–Kier alpha value is -2.35. The molecule has 0 aliphatic heterocycles. The second kappa shape index (κ2) is 10.4. The SMILES string of the molecule is C=C(O)CN(C)/C(C)=N/C=C(\C=C\C#N)C(=C/CF)/CC. The van der Waals surface area contributed by atoms with E-state index in [4.69, 9.17) is 10.4 Å². The molecule has 0 bridgehead atoms. The second-order valence-electron chi connectivity index (χ2n) is 4.38. The molecule has 0 aromatic carbocycles. The number of aliphatic hydroxyl groups excluding tert-OH is 1. The summed E-state index contributed by atoms with van der Waals surface area (Å²) in [6.45, 7) is 6.85. The minimum absolute atomic E-state index is 0.0483. The van der Waals surface area contributed by atoms with E-state index in [1.54, 1.807) is 31.1 Å². The van der Waals surface area contributed by atoms with Crippen LogP contribution < -0.4 is 0 Å². The van der Waals surface area contributed by atoms with Crippen LogP contribution in [0.4, 0.5) is 4.39 Å². The van der Waals surface area contributed by atoms with Gasteiger partial charge in [0.2, 0.25) is 0 Å². The van der Waals surface area contributed by atoms with Gasteiger partial charge in [0.25, 0.3) is 0 Å². The van der Waals surface area contributed by atoms with Crippen molar-refractivity contribution in [2.45, 2.75) is 20.3 Å². The van der Waals surface area contributed by atoms with Crippen molar-refractivity contribution >= 4 is 5.84 Å². The van der Waals surface area contributed by atoms with Crippen molar-refractivity contribution in [1.82, 2.24) is 4.90 Å². The van der Waals surface area contributed by atoms with Gasteiger partial charge in [0.1, 0.15) is 18.3 Å². The molecule has 1 N–H and O–H groups in total. The topological polar surface area (TPSA) is 59.6 Å². The van der Waals surface area contributed by atoms with Gasteiger partial charge in [-0.05, 0) is 36.6 Å². The zero-order valence-corrected chi connectivity index (χ0v) is 12.8. The van der Waals surface area contributed by atoms with E-state index in [0.29, 0.717) is 17.8 Å². The number of hydrogen-bond acceptors (Lipinski definition) is 3. The molecular weight excluding hydrogens is 269 g/mol. The van der Waals surface area contributed by atoms with Crippen LogP contribution in [0.15, 0.2) is 52.9 Å². The summed E-state index contributed by atoms with van der Waals surface area (Å²) in [5, 5.41) is 17.8. The van der Waals surface area contributed by atoms with E-state index >= 15 is 0 Å². The summed E-state index contributed by atoms with van der Waals surface area (Å²) in [6.07, 6.45) is 6.64. The average Bonchev–Trinajstić information content (AvgIpc) is 2.44. The molecule has 0 aromatic rings. The molecule has 0 heterocycles. The fourth-order valence-corrected chi connectivity index (χ4v) is 1.57. The maximum atomic E-state index is 12.5. The Morgan fingerprint density at radius 2 is 2.19 bits per heavy atom. The van der Waals surface area contributed by atoms with Crippen molar-refractivity contribution in [3.8, 4) is 6.07 Å². The summed E-state index contributed by atoms with van der Waals surface area (Å²) in [5.74, 6) is 0.718. The third-order valence-corrected chi connectivity index (χ3v) is 2.78. The second-order valence-corrected chi connectivity index (χ2v) is 4.38. The summed E-state index contributed by atoms with van der Waals surface area (Å²) in [7, 11) is 1.77. The number of aliphatic hydroxyl groups is 1. The number of nitrogens with zero attached hydrogens (tertiary/aromatic N) is 3. The van der Waals surface area contributed by atoms with E-state index in [0.717, 1.165) is 5.57 Å². The molecule has 5 heteroatoms. The molecular formula is C16H22FN3O. The molecule has 0 amide bonds. The van der Waals surface area contributed by atoms with Gasteiger partial charge < -0.3 is 10.0 Å². The molecule has 0 radical (unpaired) electrons. The minimum Gasteiger partial charge on any atom is -0.511 e. The van der Waals surface area contributed by atoms with Gasteiger partial charge >= 0.3 is 0 Å². The van der Waals surface area contributed by atoms with Gasteiger partial charge in [-0.3, -0.25) is 0 Å². The van der Waals surface area contributed by atoms with E-state index < -0.39 is 6.67 Å². The Bertz CT molecular complexity index is 510. The number of amidine groups is 1. The zero-order valence-electron chi connectivity index (χ0n) is 12.8. The van der Waals surface area contributed by atoms with Crippen LogP contribution in [0.2, 0.25) is 0 Å². The summed E-state index contributed by atoms with van der Waals surface area (Å²) in [4.78, 5) is 6.02. The van der Waals surface area contributed by atoms with Crippen LogP contribution in [0.1, 0.15) is 20.3 Å². The summed E-state index contributed by atoms with van der Waals surface area (Å²) in [6, 6.07) is 1.91. The Balaban J connectivity index is 5.34. The van der Waals surface area contributed by atoms with Crippen molar-refractivity contribution in [3.63, 3.8) is 0 Å². The highest BCUT2D eigenvalue weighted by Crippen LogP contribution is 2.16. The Morgan fingerprint density at radius 3 is 2.67 bits per heavy atom. The number of alkyl halides is 1. The molecule has 0 rings (SSSR count). The van der Waals surface area contributed by atoms with Crippen molar-refractivity contribution in [3.05, 3.63) is 47.9 Å². The number of rotatable bonds is 7. The van der Waals surface area contributed by atoms with Crippen LogP contribution in [0.5, 0.6) is 0 Å². The first-order valence-corrected chi connectivity index (χ1v) is 6.60. The molecule has 114 valence electrons. The first-order valence-electron chi connectivity index (χ1n) is 6.60. The van der Waals surface area contributed by atoms with Crippen LogP contribution in [-0.4, -0.2) is 36.1 Å². The smallest absolute Gasteiger partial charge is 0.108 e. The maximum absolute atomic E-state index is 12.5. The van der Waals surface area contributed by atoms with Gasteiger partial charge in [-0.1, -0.05) is 13.5 Å². The van der Waals surface area contributed by atoms with Crippen LogP contribution in [0.3, 0.4) is 0 Å². The van der Waals surface area contributed by atoms with E-state index in [1.807, 2.05) is 13.0 Å². The lowest BCUT2D eigenvalue weighted by Gasteiger charge is -2.17. The standard InChI is InChI=1S/C16H22FN3O/c1-5-15(8-9-17)16(7-6-10-18)11-19-14(3)20(4)12-13(2)21/h6-8,11,21H,2,5,9,12H2,1,3-4H3/b7-6+,15-8+,16-11+,19-14+. The Labute approximate surface area is 125 Å². The lowest BCUT2D eigenvalue weighted by molar-refractivity contribution is 0.357. The molecule has 0 unspecified atom stereocenters. The fourth-order valence-electron chi connectivity index (χ4n) is 1.57. The zero-order chi connectivity index (χ0) is 16.3. The molecule has 4 nitrogen and oxygen atoms in total. The third kappa shape index (κ3) is 7.73. The summed E-state index contributed by atoms with van der Waals surface area (Å²) in [5.41, 5.74) is 1.47. The predicted octanol–water partition coefficient (Wildman–Crippen LogP) is 3.68. The number of nitriles is 1. The highest BCUT2D eigenvalue weighted by molar-refractivity contribution is 5.80. The van der Waals surface area contributed by atoms with Crippen LogP contribution >= 0.6 is 0 Å². The molecule has 0 aromatic heterocycles. The van der Waals surface area contributed by atoms with Gasteiger partial charge in [-0.2, -0.15) is 5.26 Å². The molecule has 0 fully saturated rings. The Morgan fingerprint density at radius 1 is 1.52 bits per heavy atom. The van der Waals surface area contributed by atoms with Crippen molar-refractivity contribution in [2.75, 3.05) is 20.3 Å². The molecule has 0 spiro atoms. The quantitative estimate of drug-likeness (QED) is 0.256. The number of likely N-dealkylation sites (N-methyl/N-ethyl adjacent to an activating group) is 1. The first-order chi connectivity index (χ1) is 9.96. The van der Waals surface area contributed by atoms with Crippen molar-refractivity contribution < 1.29 is 9.50 Å². The van der Waals surface area contributed by atoms with Crippen LogP contribution in [-0.2, 0) is 0 Å². The van der Waals surface area contributed by atoms with Crippen molar-refractivity contribution in [1.29, 1.82) is 5.26 Å². The van der Waals surface area contributed by atoms with Crippen molar-refractivity contribution in [2.24, 2.45) is 4.99 Å². The van der Waals surface area contributed by atoms with Crippen LogP contribution in [0.25, 0.3) is 0 Å². The van der Waals surface area contributed by atoms with Crippen LogP contribution in [0, 0.1) is 11.3 Å². The summed E-state index contributed by atoms with van der Waals surface area (Å²) >= 11 is 0. The first kappa shape index (κ1) is 18.6. The van der Waals surface area contributed by atoms with E-state index in [1.165, 1.54) is 12.2 Å². The number of aliphatic imine (C=N–C) groups is 1. The van der Waals surface area contributed by atoms with Gasteiger partial charge in [-0.15, -0.1) is 0 Å². The lowest BCUT2D eigenvalue weighted by atomic mass is 10.0. The number of allylic oxidation sites excluding steroid dienone is 5. The molecule has 0 aliphatic carbocycles. The molecule has 21 heavy (non-hydrogen) atoms. The Kier molecular flexibility index (Phi) is 9.27. The highest BCUT2D eigenvalue weighted by atomic mass is 19.1. The predicted molar refractivity (Wildman–Crippen MR) is 84.7 cm³/mol. The monoisotopic (exact) mass is 291 g/mol. The molecule has 0 saturated carbocycles.